The summed E-state index contributed by atoms with van der Waals surface area (Å²) in [4.78, 5) is 8.70. The van der Waals surface area contributed by atoms with Crippen LogP contribution in [0.5, 0.6) is 5.75 Å². The van der Waals surface area contributed by atoms with Crippen LogP contribution in [0.1, 0.15) is 30.5 Å². The number of benzene rings is 2. The maximum Gasteiger partial charge on any atom is 0.258 e. The van der Waals surface area contributed by atoms with Crippen LogP contribution in [0.3, 0.4) is 0 Å². The molecule has 2 heterocycles. The zero-order valence-electron chi connectivity index (χ0n) is 17.1. The first-order valence-electron chi connectivity index (χ1n) is 9.66. The maximum atomic E-state index is 5.80. The van der Waals surface area contributed by atoms with E-state index in [1.54, 1.807) is 6.20 Å². The van der Waals surface area contributed by atoms with Gasteiger partial charge in [-0.15, -0.1) is 0 Å². The van der Waals surface area contributed by atoms with Crippen molar-refractivity contribution in [3.63, 3.8) is 0 Å². The second-order valence-corrected chi connectivity index (χ2v) is 7.45. The van der Waals surface area contributed by atoms with Gasteiger partial charge in [0, 0.05) is 30.1 Å². The van der Waals surface area contributed by atoms with Gasteiger partial charge in [0.05, 0.1) is 12.4 Å². The van der Waals surface area contributed by atoms with Crippen LogP contribution in [0.25, 0.3) is 22.8 Å². The summed E-state index contributed by atoms with van der Waals surface area (Å²) < 4.78 is 13.4. The summed E-state index contributed by atoms with van der Waals surface area (Å²) in [7, 11) is 0. The zero-order valence-corrected chi connectivity index (χ0v) is 17.1. The molecule has 6 nitrogen and oxygen atoms in total. The van der Waals surface area contributed by atoms with Gasteiger partial charge in [0.15, 0.2) is 0 Å². The van der Waals surface area contributed by atoms with Gasteiger partial charge in [-0.05, 0) is 62.6 Å². The van der Waals surface area contributed by atoms with E-state index >= 15 is 0 Å². The summed E-state index contributed by atoms with van der Waals surface area (Å²) in [6.45, 7) is 8.89. The Labute approximate surface area is 170 Å². The number of rotatable bonds is 6. The molecule has 0 unspecified atom stereocenters. The van der Waals surface area contributed by atoms with Crippen LogP contribution >= 0.6 is 0 Å². The molecule has 4 aromatic rings. The number of imidazole rings is 1. The van der Waals surface area contributed by atoms with Gasteiger partial charge < -0.3 is 13.8 Å². The summed E-state index contributed by atoms with van der Waals surface area (Å²) in [6, 6.07) is 12.2. The van der Waals surface area contributed by atoms with Crippen LogP contribution in [0.4, 0.5) is 0 Å². The van der Waals surface area contributed by atoms with Crippen molar-refractivity contribution in [2.75, 3.05) is 0 Å². The molecule has 0 saturated carbocycles. The molecule has 0 aliphatic carbocycles. The molecule has 0 aliphatic heterocycles. The molecule has 0 spiro atoms. The molecule has 2 aromatic heterocycles. The van der Waals surface area contributed by atoms with Crippen molar-refractivity contribution in [2.45, 2.75) is 40.3 Å². The Kier molecular flexibility index (Phi) is 5.16. The summed E-state index contributed by atoms with van der Waals surface area (Å²) >= 11 is 0. The summed E-state index contributed by atoms with van der Waals surface area (Å²) in [6.07, 6.45) is 5.68. The monoisotopic (exact) mass is 388 g/mol. The number of nitrogens with zero attached hydrogens (tertiary/aromatic N) is 4. The molecule has 0 atom stereocenters. The third-order valence-electron chi connectivity index (χ3n) is 4.67. The topological polar surface area (TPSA) is 66.0 Å². The van der Waals surface area contributed by atoms with E-state index in [1.165, 1.54) is 5.56 Å². The van der Waals surface area contributed by atoms with Crippen molar-refractivity contribution < 1.29 is 9.26 Å². The Bertz CT molecular complexity index is 1110. The van der Waals surface area contributed by atoms with Crippen molar-refractivity contribution in [2.24, 2.45) is 0 Å². The van der Waals surface area contributed by atoms with Crippen LogP contribution in [0.2, 0.25) is 0 Å². The van der Waals surface area contributed by atoms with Gasteiger partial charge in [-0.3, -0.25) is 0 Å². The number of aryl methyl sites for hydroxylation is 2. The summed E-state index contributed by atoms with van der Waals surface area (Å²) in [5.41, 5.74) is 5.18. The molecular weight excluding hydrogens is 364 g/mol. The lowest BCUT2D eigenvalue weighted by Crippen LogP contribution is -2.06. The van der Waals surface area contributed by atoms with Crippen molar-refractivity contribution >= 4 is 0 Å². The molecule has 4 rings (SSSR count). The normalized spacial score (nSPS) is 11.2. The SMILES string of the molecule is Cc1cc(-c2nc(-c3ccc(Cn4ccnc4)cc3C)no2)ccc1OC(C)C. The molecule has 0 aliphatic rings. The van der Waals surface area contributed by atoms with Crippen molar-refractivity contribution in [1.82, 2.24) is 19.7 Å². The van der Waals surface area contributed by atoms with E-state index in [4.69, 9.17) is 9.26 Å². The predicted octanol–water partition coefficient (Wildman–Crippen LogP) is 5.05. The smallest absolute Gasteiger partial charge is 0.258 e. The van der Waals surface area contributed by atoms with E-state index in [1.807, 2.05) is 62.1 Å². The highest BCUT2D eigenvalue weighted by atomic mass is 16.5. The predicted molar refractivity (Wildman–Crippen MR) is 112 cm³/mol. The molecule has 29 heavy (non-hydrogen) atoms. The quantitative estimate of drug-likeness (QED) is 0.462. The van der Waals surface area contributed by atoms with E-state index in [0.717, 1.165) is 34.5 Å². The summed E-state index contributed by atoms with van der Waals surface area (Å²) in [5.74, 6) is 1.96. The molecule has 0 amide bonds. The molecule has 6 heteroatoms. The van der Waals surface area contributed by atoms with Crippen LogP contribution in [0, 0.1) is 13.8 Å². The Hall–Kier alpha value is -3.41. The van der Waals surface area contributed by atoms with E-state index in [9.17, 15) is 0 Å². The molecule has 0 bridgehead atoms. The Morgan fingerprint density at radius 1 is 1.07 bits per heavy atom. The largest absolute Gasteiger partial charge is 0.491 e. The van der Waals surface area contributed by atoms with E-state index in [0.29, 0.717) is 11.7 Å². The third-order valence-corrected chi connectivity index (χ3v) is 4.67. The first-order valence-corrected chi connectivity index (χ1v) is 9.66. The van der Waals surface area contributed by atoms with Gasteiger partial charge in [-0.25, -0.2) is 4.98 Å². The summed E-state index contributed by atoms with van der Waals surface area (Å²) in [5, 5.41) is 4.20. The minimum Gasteiger partial charge on any atom is -0.491 e. The standard InChI is InChI=1S/C23H24N4O2/c1-15(2)28-21-8-6-19(12-17(21)4)23-25-22(26-29-23)20-7-5-18(11-16(20)3)13-27-10-9-24-14-27/h5-12,14-15H,13H2,1-4H3. The lowest BCUT2D eigenvalue weighted by atomic mass is 10.0. The number of hydrogen-bond donors (Lipinski definition) is 0. The lowest BCUT2D eigenvalue weighted by molar-refractivity contribution is 0.241. The highest BCUT2D eigenvalue weighted by molar-refractivity contribution is 5.64. The van der Waals surface area contributed by atoms with Gasteiger partial charge in [-0.2, -0.15) is 4.98 Å². The molecule has 0 fully saturated rings. The fourth-order valence-electron chi connectivity index (χ4n) is 3.28. The van der Waals surface area contributed by atoms with Crippen LogP contribution < -0.4 is 4.74 Å². The van der Waals surface area contributed by atoms with Gasteiger partial charge >= 0.3 is 0 Å². The lowest BCUT2D eigenvalue weighted by Gasteiger charge is -2.12. The van der Waals surface area contributed by atoms with Gasteiger partial charge in [0.2, 0.25) is 5.82 Å². The molecule has 2 aromatic carbocycles. The zero-order chi connectivity index (χ0) is 20.4. The van der Waals surface area contributed by atoms with Crippen molar-refractivity contribution in [1.29, 1.82) is 0 Å². The third kappa shape index (κ3) is 4.21. The average molecular weight is 388 g/mol. The Morgan fingerprint density at radius 3 is 2.62 bits per heavy atom. The van der Waals surface area contributed by atoms with Crippen LogP contribution in [-0.2, 0) is 6.54 Å². The first kappa shape index (κ1) is 18.9. The van der Waals surface area contributed by atoms with Gasteiger partial charge in [0.1, 0.15) is 5.75 Å². The molecule has 0 saturated heterocycles. The van der Waals surface area contributed by atoms with Crippen LogP contribution in [0.15, 0.2) is 59.6 Å². The Balaban J connectivity index is 1.56. The van der Waals surface area contributed by atoms with Crippen molar-refractivity contribution in [3.05, 3.63) is 71.8 Å². The number of hydrogen-bond acceptors (Lipinski definition) is 5. The second kappa shape index (κ2) is 7.91. The fraction of sp³-hybridized carbons (Fsp3) is 0.261. The van der Waals surface area contributed by atoms with E-state index < -0.39 is 0 Å². The maximum absolute atomic E-state index is 5.80. The van der Waals surface area contributed by atoms with Gasteiger partial charge in [0.25, 0.3) is 5.89 Å². The molecule has 0 radical (unpaired) electrons. The highest BCUT2D eigenvalue weighted by Crippen LogP contribution is 2.29. The average Bonchev–Trinajstić information content (AvgIpc) is 3.35. The second-order valence-electron chi connectivity index (χ2n) is 7.45. The van der Waals surface area contributed by atoms with Crippen molar-refractivity contribution in [3.8, 4) is 28.6 Å². The number of ether oxygens (including phenoxy) is 1. The van der Waals surface area contributed by atoms with Gasteiger partial charge in [-0.1, -0.05) is 23.4 Å². The Morgan fingerprint density at radius 2 is 1.93 bits per heavy atom. The minimum atomic E-state index is 0.134. The fourth-order valence-corrected chi connectivity index (χ4v) is 3.28. The van der Waals surface area contributed by atoms with Crippen LogP contribution in [-0.4, -0.2) is 25.8 Å². The molecule has 148 valence electrons. The van der Waals surface area contributed by atoms with E-state index in [2.05, 4.69) is 34.2 Å². The molecule has 0 N–H and O–H groups in total. The minimum absolute atomic E-state index is 0.134. The first-order chi connectivity index (χ1) is 14.0. The van der Waals surface area contributed by atoms with E-state index in [-0.39, 0.29) is 6.10 Å². The molecular formula is C23H24N4O2. The number of aromatic nitrogens is 4. The highest BCUT2D eigenvalue weighted by Gasteiger charge is 2.14.